The second-order valence-electron chi connectivity index (χ2n) is 3.55. The predicted octanol–water partition coefficient (Wildman–Crippen LogP) is 2.34. The van der Waals surface area contributed by atoms with Gasteiger partial charge >= 0.3 is 6.18 Å². The summed E-state index contributed by atoms with van der Waals surface area (Å²) in [6.07, 6.45) is -6.82. The number of alkyl halides is 3. The molecule has 1 aromatic carbocycles. The highest BCUT2D eigenvalue weighted by Gasteiger charge is 2.37. The van der Waals surface area contributed by atoms with Crippen molar-refractivity contribution < 1.29 is 23.4 Å². The first-order valence-electron chi connectivity index (χ1n) is 4.94. The van der Waals surface area contributed by atoms with Crippen molar-refractivity contribution in [3.63, 3.8) is 0 Å². The fourth-order valence-corrected chi connectivity index (χ4v) is 2.08. The number of thioether (sulfide) groups is 1. The quantitative estimate of drug-likeness (QED) is 0.859. The molecular formula is C11H13F3O2S. The molecule has 0 spiro atoms. The van der Waals surface area contributed by atoms with Crippen LogP contribution < -0.4 is 0 Å². The van der Waals surface area contributed by atoms with Gasteiger partial charge in [0, 0.05) is 11.5 Å². The summed E-state index contributed by atoms with van der Waals surface area (Å²) >= 11 is 1.02. The molecule has 96 valence electrons. The van der Waals surface area contributed by atoms with E-state index in [0.29, 0.717) is 5.75 Å². The van der Waals surface area contributed by atoms with E-state index in [0.717, 1.165) is 22.9 Å². The molecule has 0 radical (unpaired) electrons. The van der Waals surface area contributed by atoms with Crippen LogP contribution in [0.1, 0.15) is 11.1 Å². The van der Waals surface area contributed by atoms with E-state index in [4.69, 9.17) is 10.2 Å². The summed E-state index contributed by atoms with van der Waals surface area (Å²) < 4.78 is 35.9. The lowest BCUT2D eigenvalue weighted by Crippen LogP contribution is -2.30. The van der Waals surface area contributed by atoms with Gasteiger partial charge in [-0.2, -0.15) is 24.9 Å². The van der Waals surface area contributed by atoms with Gasteiger partial charge in [0.25, 0.3) is 0 Å². The highest BCUT2D eigenvalue weighted by atomic mass is 32.2. The molecule has 0 saturated heterocycles. The summed E-state index contributed by atoms with van der Waals surface area (Å²) in [5.41, 5.74) is 1.62. The smallest absolute Gasteiger partial charge is 0.392 e. The summed E-state index contributed by atoms with van der Waals surface area (Å²) in [6.45, 7) is -0.0553. The van der Waals surface area contributed by atoms with E-state index in [2.05, 4.69) is 0 Å². The van der Waals surface area contributed by atoms with Gasteiger partial charge in [0.05, 0.1) is 6.61 Å². The predicted molar refractivity (Wildman–Crippen MR) is 60.6 cm³/mol. The molecule has 0 aliphatic carbocycles. The monoisotopic (exact) mass is 266 g/mol. The van der Waals surface area contributed by atoms with Crippen molar-refractivity contribution >= 4 is 11.8 Å². The molecule has 0 aliphatic rings. The number of rotatable bonds is 5. The Kier molecular flexibility index (Phi) is 5.30. The molecule has 0 saturated carbocycles. The maximum atomic E-state index is 12.0. The summed E-state index contributed by atoms with van der Waals surface area (Å²) in [6, 6.07) is 6.93. The van der Waals surface area contributed by atoms with Crippen molar-refractivity contribution in [2.24, 2.45) is 0 Å². The van der Waals surface area contributed by atoms with Gasteiger partial charge in [0.2, 0.25) is 0 Å². The summed E-state index contributed by atoms with van der Waals surface area (Å²) in [4.78, 5) is 0. The number of aliphatic hydroxyl groups excluding tert-OH is 2. The van der Waals surface area contributed by atoms with Crippen molar-refractivity contribution in [1.29, 1.82) is 0 Å². The molecule has 0 heterocycles. The van der Waals surface area contributed by atoms with Crippen molar-refractivity contribution in [2.45, 2.75) is 24.6 Å². The summed E-state index contributed by atoms with van der Waals surface area (Å²) in [5.74, 6) is 0.0318. The Morgan fingerprint density at radius 3 is 2.12 bits per heavy atom. The van der Waals surface area contributed by atoms with Crippen LogP contribution in [-0.2, 0) is 12.4 Å². The van der Waals surface area contributed by atoms with E-state index in [1.54, 1.807) is 24.3 Å². The third kappa shape index (κ3) is 4.97. The topological polar surface area (TPSA) is 40.5 Å². The fraction of sp³-hybridized carbons (Fsp3) is 0.455. The zero-order valence-electron chi connectivity index (χ0n) is 8.94. The van der Waals surface area contributed by atoms with E-state index in [-0.39, 0.29) is 12.4 Å². The van der Waals surface area contributed by atoms with Crippen LogP contribution in [0, 0.1) is 0 Å². The largest absolute Gasteiger partial charge is 0.415 e. The van der Waals surface area contributed by atoms with Gasteiger partial charge in [-0.1, -0.05) is 24.3 Å². The van der Waals surface area contributed by atoms with Gasteiger partial charge in [-0.05, 0) is 11.1 Å². The van der Waals surface area contributed by atoms with Crippen LogP contribution in [0.15, 0.2) is 24.3 Å². The zero-order chi connectivity index (χ0) is 12.9. The van der Waals surface area contributed by atoms with Gasteiger partial charge in [-0.15, -0.1) is 0 Å². The highest BCUT2D eigenvalue weighted by molar-refractivity contribution is 7.98. The zero-order valence-corrected chi connectivity index (χ0v) is 9.76. The standard InChI is InChI=1S/C11H13F3O2S/c12-11(13,14)10(16)7-17-6-9-3-1-8(5-15)2-4-9/h1-4,10,15-16H,5-7H2/t10-/m1/s1. The second kappa shape index (κ2) is 6.28. The third-order valence-electron chi connectivity index (χ3n) is 2.13. The van der Waals surface area contributed by atoms with Gasteiger partial charge in [-0.25, -0.2) is 0 Å². The maximum absolute atomic E-state index is 12.0. The van der Waals surface area contributed by atoms with Crippen LogP contribution in [0.5, 0.6) is 0 Å². The molecule has 2 nitrogen and oxygen atoms in total. The van der Waals surface area contributed by atoms with Crippen molar-refractivity contribution in [2.75, 3.05) is 5.75 Å². The van der Waals surface area contributed by atoms with Crippen LogP contribution >= 0.6 is 11.8 Å². The Hall–Kier alpha value is -0.720. The van der Waals surface area contributed by atoms with Crippen molar-refractivity contribution in [1.82, 2.24) is 0 Å². The fourth-order valence-electron chi connectivity index (χ4n) is 1.12. The van der Waals surface area contributed by atoms with Crippen molar-refractivity contribution in [3.05, 3.63) is 35.4 Å². The van der Waals surface area contributed by atoms with Gasteiger partial charge < -0.3 is 10.2 Å². The molecule has 1 atom stereocenters. The Balaban J connectivity index is 2.35. The second-order valence-corrected chi connectivity index (χ2v) is 4.58. The van der Waals surface area contributed by atoms with Gasteiger partial charge in [-0.3, -0.25) is 0 Å². The lowest BCUT2D eigenvalue weighted by molar-refractivity contribution is -0.195. The minimum atomic E-state index is -4.55. The highest BCUT2D eigenvalue weighted by Crippen LogP contribution is 2.24. The first-order valence-corrected chi connectivity index (χ1v) is 6.10. The lowest BCUT2D eigenvalue weighted by Gasteiger charge is -2.13. The van der Waals surface area contributed by atoms with Crippen LogP contribution in [0.3, 0.4) is 0 Å². The molecule has 1 aromatic rings. The normalized spacial score (nSPS) is 13.7. The van der Waals surface area contributed by atoms with E-state index < -0.39 is 12.3 Å². The average molecular weight is 266 g/mol. The molecule has 6 heteroatoms. The Bertz CT molecular complexity index is 338. The molecule has 0 bridgehead atoms. The lowest BCUT2D eigenvalue weighted by atomic mass is 10.2. The summed E-state index contributed by atoms with van der Waals surface area (Å²) in [5, 5.41) is 17.6. The van der Waals surface area contributed by atoms with E-state index >= 15 is 0 Å². The minimum absolute atomic E-state index is 0.0553. The number of halogens is 3. The van der Waals surface area contributed by atoms with Crippen LogP contribution in [0.25, 0.3) is 0 Å². The van der Waals surface area contributed by atoms with Crippen LogP contribution in [0.2, 0.25) is 0 Å². The average Bonchev–Trinajstić information content (AvgIpc) is 2.28. The third-order valence-corrected chi connectivity index (χ3v) is 3.22. The SMILES string of the molecule is OCc1ccc(CSC[C@@H](O)C(F)(F)F)cc1. The molecule has 2 N–H and O–H groups in total. The molecule has 0 fully saturated rings. The summed E-state index contributed by atoms with van der Waals surface area (Å²) in [7, 11) is 0. The Morgan fingerprint density at radius 2 is 1.65 bits per heavy atom. The first kappa shape index (κ1) is 14.3. The van der Waals surface area contributed by atoms with Crippen molar-refractivity contribution in [3.8, 4) is 0 Å². The maximum Gasteiger partial charge on any atom is 0.415 e. The number of hydrogen-bond acceptors (Lipinski definition) is 3. The first-order chi connectivity index (χ1) is 7.93. The van der Waals surface area contributed by atoms with E-state index in [9.17, 15) is 13.2 Å². The van der Waals surface area contributed by atoms with Gasteiger partial charge in [0.1, 0.15) is 0 Å². The molecule has 0 amide bonds. The molecule has 1 rings (SSSR count). The molecule has 0 aliphatic heterocycles. The van der Waals surface area contributed by atoms with E-state index in [1.807, 2.05) is 0 Å². The number of benzene rings is 1. The van der Waals surface area contributed by atoms with Gasteiger partial charge in [0.15, 0.2) is 6.10 Å². The molecular weight excluding hydrogens is 253 g/mol. The van der Waals surface area contributed by atoms with Crippen LogP contribution in [0.4, 0.5) is 13.2 Å². The molecule has 17 heavy (non-hydrogen) atoms. The number of aliphatic hydroxyl groups is 2. The van der Waals surface area contributed by atoms with Crippen LogP contribution in [-0.4, -0.2) is 28.2 Å². The molecule has 0 aromatic heterocycles. The Labute approximate surface area is 101 Å². The number of hydrogen-bond donors (Lipinski definition) is 2. The Morgan fingerprint density at radius 1 is 1.12 bits per heavy atom. The molecule has 0 unspecified atom stereocenters. The minimum Gasteiger partial charge on any atom is -0.392 e. The van der Waals surface area contributed by atoms with E-state index in [1.165, 1.54) is 0 Å².